The number of hydrogen-bond donors (Lipinski definition) is 0. The molecule has 0 spiro atoms. The summed E-state index contributed by atoms with van der Waals surface area (Å²) in [7, 11) is 2.90. The van der Waals surface area contributed by atoms with Crippen molar-refractivity contribution in [1.29, 1.82) is 5.26 Å². The predicted octanol–water partition coefficient (Wildman–Crippen LogP) is 5.08. The molecule has 3 aliphatic heterocycles. The Morgan fingerprint density at radius 3 is 2.47 bits per heavy atom. The number of anilines is 2. The quantitative estimate of drug-likeness (QED) is 0.294. The Morgan fingerprint density at radius 2 is 1.78 bits per heavy atom. The monoisotopic (exact) mass is 711 g/mol. The number of carbonyl (C=O) groups excluding carboxylic acids is 2. The summed E-state index contributed by atoms with van der Waals surface area (Å²) < 4.78 is 37.4. The van der Waals surface area contributed by atoms with Gasteiger partial charge in [-0.1, -0.05) is 41.4 Å². The van der Waals surface area contributed by atoms with E-state index in [2.05, 4.69) is 11.0 Å². The van der Waals surface area contributed by atoms with E-state index in [1.165, 1.54) is 18.1 Å². The van der Waals surface area contributed by atoms with Crippen LogP contribution in [0.4, 0.5) is 15.8 Å². The number of methoxy groups -OCH3 is 2. The van der Waals surface area contributed by atoms with Crippen molar-refractivity contribution in [1.82, 2.24) is 9.80 Å². The Morgan fingerprint density at radius 1 is 1.02 bits per heavy atom. The summed E-state index contributed by atoms with van der Waals surface area (Å²) in [5.41, 5.74) is 2.95. The number of benzene rings is 3. The van der Waals surface area contributed by atoms with Crippen molar-refractivity contribution in [3.8, 4) is 22.9 Å². The van der Waals surface area contributed by atoms with Crippen LogP contribution in [0.5, 0.6) is 5.75 Å². The number of fused-ring (bicyclic) bond motifs is 1. The van der Waals surface area contributed by atoms with E-state index < -0.39 is 17.7 Å². The van der Waals surface area contributed by atoms with E-state index in [9.17, 15) is 14.9 Å². The molecule has 1 atom stereocenters. The zero-order chi connectivity index (χ0) is 34.7. The van der Waals surface area contributed by atoms with Crippen molar-refractivity contribution in [2.45, 2.75) is 12.6 Å². The number of halogens is 3. The normalized spacial score (nSPS) is 18.0. The van der Waals surface area contributed by atoms with E-state index in [1.807, 2.05) is 15.9 Å². The Balaban J connectivity index is 1.23. The van der Waals surface area contributed by atoms with Crippen LogP contribution >= 0.6 is 23.2 Å². The molecule has 49 heavy (non-hydrogen) atoms. The lowest BCUT2D eigenvalue weighted by Gasteiger charge is -2.39. The second kappa shape index (κ2) is 15.2. The first kappa shape index (κ1) is 34.7. The lowest BCUT2D eigenvalue weighted by molar-refractivity contribution is 0.0515. The zero-order valence-corrected chi connectivity index (χ0v) is 28.7. The van der Waals surface area contributed by atoms with Crippen LogP contribution in [-0.2, 0) is 20.8 Å². The highest BCUT2D eigenvalue weighted by atomic mass is 35.5. The van der Waals surface area contributed by atoms with Crippen LogP contribution in [-0.4, -0.2) is 108 Å². The summed E-state index contributed by atoms with van der Waals surface area (Å²) in [6.07, 6.45) is 0. The minimum absolute atomic E-state index is 0.122. The Bertz CT molecular complexity index is 1760. The van der Waals surface area contributed by atoms with E-state index >= 15 is 4.39 Å². The van der Waals surface area contributed by atoms with E-state index in [1.54, 1.807) is 37.4 Å². The molecular weight excluding hydrogens is 676 g/mol. The van der Waals surface area contributed by atoms with Gasteiger partial charge in [-0.3, -0.25) is 9.69 Å². The van der Waals surface area contributed by atoms with Gasteiger partial charge in [-0.15, -0.1) is 0 Å². The second-order valence-electron chi connectivity index (χ2n) is 11.9. The fourth-order valence-electron chi connectivity index (χ4n) is 6.48. The third kappa shape index (κ3) is 7.13. The maximum absolute atomic E-state index is 15.7. The molecule has 3 aromatic carbocycles. The minimum Gasteiger partial charge on any atom is -0.472 e. The number of ether oxygens (including phenoxy) is 4. The predicted molar refractivity (Wildman–Crippen MR) is 183 cm³/mol. The number of esters is 1. The van der Waals surface area contributed by atoms with Gasteiger partial charge < -0.3 is 33.6 Å². The molecule has 0 N–H and O–H groups in total. The van der Waals surface area contributed by atoms with E-state index in [-0.39, 0.29) is 46.1 Å². The van der Waals surface area contributed by atoms with Gasteiger partial charge >= 0.3 is 5.97 Å². The van der Waals surface area contributed by atoms with Gasteiger partial charge in [0.1, 0.15) is 17.6 Å². The van der Waals surface area contributed by atoms with E-state index in [4.69, 9.17) is 42.1 Å². The smallest absolute Gasteiger partial charge is 0.340 e. The molecule has 6 rings (SSSR count). The molecule has 11 nitrogen and oxygen atoms in total. The maximum atomic E-state index is 15.7. The number of para-hydroxylation sites is 1. The molecule has 3 heterocycles. The molecule has 0 bridgehead atoms. The van der Waals surface area contributed by atoms with Crippen molar-refractivity contribution in [2.24, 2.45) is 0 Å². The first-order valence-electron chi connectivity index (χ1n) is 15.9. The third-order valence-electron chi connectivity index (χ3n) is 9.07. The Hall–Kier alpha value is -4.12. The summed E-state index contributed by atoms with van der Waals surface area (Å²) in [6, 6.07) is 13.6. The average molecular weight is 713 g/mol. The van der Waals surface area contributed by atoms with Crippen LogP contribution in [0.1, 0.15) is 26.3 Å². The maximum Gasteiger partial charge on any atom is 0.340 e. The summed E-state index contributed by atoms with van der Waals surface area (Å²) in [5, 5.41) is 10.1. The minimum atomic E-state index is -0.635. The molecule has 0 aliphatic carbocycles. The standard InChI is InChI=1S/C35H36Cl2FN5O6/c1-46-11-8-40-6-7-42(20-24(40)18-39)23-14-28(36)32(29(37)15-23)34(44)43-19-22-4-3-5-25(33(22)49-21-43)26-17-31(41-9-12-48-13-10-41)27(16-30(26)38)35(45)47-2/h3-5,14-17,24H,6-13,19-21H2,1-2H3. The van der Waals surface area contributed by atoms with Crippen molar-refractivity contribution in [2.75, 3.05) is 89.8 Å². The van der Waals surface area contributed by atoms with Gasteiger partial charge in [0.15, 0.2) is 6.73 Å². The lowest BCUT2D eigenvalue weighted by Crippen LogP contribution is -2.53. The highest BCUT2D eigenvalue weighted by Gasteiger charge is 2.32. The first-order valence-corrected chi connectivity index (χ1v) is 16.6. The van der Waals surface area contributed by atoms with Crippen LogP contribution in [0.2, 0.25) is 10.0 Å². The number of hydrogen-bond acceptors (Lipinski definition) is 10. The average Bonchev–Trinajstić information content (AvgIpc) is 3.13. The number of nitrogens with zero attached hydrogens (tertiary/aromatic N) is 5. The highest BCUT2D eigenvalue weighted by molar-refractivity contribution is 6.40. The van der Waals surface area contributed by atoms with Gasteiger partial charge in [0, 0.05) is 68.8 Å². The topological polar surface area (TPSA) is 108 Å². The molecule has 3 aliphatic rings. The van der Waals surface area contributed by atoms with Gasteiger partial charge in [-0.25, -0.2) is 9.18 Å². The molecule has 0 saturated carbocycles. The van der Waals surface area contributed by atoms with Crippen molar-refractivity contribution in [3.05, 3.63) is 75.0 Å². The largest absolute Gasteiger partial charge is 0.472 e. The van der Waals surface area contributed by atoms with Crippen LogP contribution in [0.25, 0.3) is 11.1 Å². The molecule has 2 saturated heterocycles. The number of amides is 1. The van der Waals surface area contributed by atoms with Crippen molar-refractivity contribution >= 4 is 46.5 Å². The lowest BCUT2D eigenvalue weighted by atomic mass is 9.97. The first-order chi connectivity index (χ1) is 23.7. The molecule has 0 radical (unpaired) electrons. The Labute approximate surface area is 294 Å². The van der Waals surface area contributed by atoms with Crippen LogP contribution in [0, 0.1) is 17.1 Å². The fourth-order valence-corrected chi connectivity index (χ4v) is 7.12. The Kier molecular flexibility index (Phi) is 10.8. The summed E-state index contributed by atoms with van der Waals surface area (Å²) >= 11 is 13.4. The molecule has 14 heteroatoms. The molecule has 1 amide bonds. The van der Waals surface area contributed by atoms with E-state index in [0.29, 0.717) is 81.7 Å². The van der Waals surface area contributed by atoms with Crippen LogP contribution in [0.15, 0.2) is 42.5 Å². The number of rotatable bonds is 8. The number of carbonyl (C=O) groups is 2. The van der Waals surface area contributed by atoms with Crippen molar-refractivity contribution in [3.63, 3.8) is 0 Å². The highest BCUT2D eigenvalue weighted by Crippen LogP contribution is 2.41. The summed E-state index contributed by atoms with van der Waals surface area (Å²) in [5.74, 6) is -1.22. The van der Waals surface area contributed by atoms with Gasteiger partial charge in [0.25, 0.3) is 5.91 Å². The van der Waals surface area contributed by atoms with Crippen molar-refractivity contribution < 1.29 is 32.9 Å². The van der Waals surface area contributed by atoms with Gasteiger partial charge in [-0.05, 0) is 24.3 Å². The third-order valence-corrected chi connectivity index (χ3v) is 9.67. The molecule has 258 valence electrons. The molecule has 3 aromatic rings. The number of piperazine rings is 1. The summed E-state index contributed by atoms with van der Waals surface area (Å²) in [6.45, 7) is 5.04. The van der Waals surface area contributed by atoms with Crippen LogP contribution in [0.3, 0.4) is 0 Å². The number of morpholine rings is 1. The van der Waals surface area contributed by atoms with Crippen LogP contribution < -0.4 is 14.5 Å². The summed E-state index contributed by atoms with van der Waals surface area (Å²) in [4.78, 5) is 34.0. The molecule has 1 unspecified atom stereocenters. The van der Waals surface area contributed by atoms with Gasteiger partial charge in [0.05, 0.1) is 66.4 Å². The van der Waals surface area contributed by atoms with E-state index in [0.717, 1.165) is 5.69 Å². The SMILES string of the molecule is COCCN1CCN(c2cc(Cl)c(C(=O)N3COc4c(cccc4-c4cc(N5CCOCC5)c(C(=O)OC)cc4F)C3)c(Cl)c2)CC1C#N. The number of nitriles is 1. The van der Waals surface area contributed by atoms with Gasteiger partial charge in [-0.2, -0.15) is 5.26 Å². The zero-order valence-electron chi connectivity index (χ0n) is 27.2. The molecule has 0 aromatic heterocycles. The molecule has 2 fully saturated rings. The van der Waals surface area contributed by atoms with Gasteiger partial charge in [0.2, 0.25) is 0 Å². The molecular formula is C35H36Cl2FN5O6. The second-order valence-corrected chi connectivity index (χ2v) is 12.7. The fraction of sp³-hybridized carbons (Fsp3) is 0.400.